The average molecular weight is 270 g/mol. The molecule has 1 aromatic carbocycles. The van der Waals surface area contributed by atoms with E-state index in [0.717, 1.165) is 12.1 Å². The summed E-state index contributed by atoms with van der Waals surface area (Å²) in [5.41, 5.74) is 3.09. The molecule has 1 aromatic rings. The second kappa shape index (κ2) is 6.76. The lowest BCUT2D eigenvalue weighted by atomic mass is 9.93. The van der Waals surface area contributed by atoms with E-state index in [-0.39, 0.29) is 18.4 Å². The molecule has 0 radical (unpaired) electrons. The molecule has 1 N–H and O–H groups in total. The third-order valence-electron chi connectivity index (χ3n) is 3.38. The summed E-state index contributed by atoms with van der Waals surface area (Å²) in [5, 5.41) is 3.52. The summed E-state index contributed by atoms with van der Waals surface area (Å²) in [6, 6.07) is 6.25. The van der Waals surface area contributed by atoms with Gasteiger partial charge in [0.1, 0.15) is 0 Å². The Hall–Kier alpha value is -1.06. The average Bonchev–Trinajstić information content (AvgIpc) is 2.38. The molecule has 0 amide bonds. The van der Waals surface area contributed by atoms with E-state index in [4.69, 9.17) is 4.74 Å². The lowest BCUT2D eigenvalue weighted by Crippen LogP contribution is -2.27. The maximum Gasteiger partial charge on any atom is 0.337 e. The zero-order valence-electron chi connectivity index (χ0n) is 10.9. The lowest BCUT2D eigenvalue weighted by molar-refractivity contribution is 0.0600. The van der Waals surface area contributed by atoms with Crippen molar-refractivity contribution in [1.29, 1.82) is 0 Å². The highest BCUT2D eigenvalue weighted by Gasteiger charge is 2.17. The van der Waals surface area contributed by atoms with Gasteiger partial charge in [-0.05, 0) is 49.6 Å². The van der Waals surface area contributed by atoms with Crippen LogP contribution in [0.3, 0.4) is 0 Å². The van der Waals surface area contributed by atoms with E-state index in [2.05, 4.69) is 12.2 Å². The molecule has 1 atom stereocenters. The Balaban J connectivity index is 0.00000162. The minimum Gasteiger partial charge on any atom is -0.465 e. The fraction of sp³-hybridized carbons (Fsp3) is 0.500. The van der Waals surface area contributed by atoms with Crippen molar-refractivity contribution in [2.24, 2.45) is 0 Å². The van der Waals surface area contributed by atoms with Crippen LogP contribution in [0.4, 0.5) is 0 Å². The molecule has 0 saturated carbocycles. The number of halogens is 1. The van der Waals surface area contributed by atoms with Crippen LogP contribution >= 0.6 is 12.4 Å². The number of ether oxygens (including phenoxy) is 1. The van der Waals surface area contributed by atoms with Crippen LogP contribution in [0.5, 0.6) is 0 Å². The zero-order valence-corrected chi connectivity index (χ0v) is 11.7. The first-order chi connectivity index (χ1) is 8.22. The third kappa shape index (κ3) is 3.24. The molecule has 0 bridgehead atoms. The quantitative estimate of drug-likeness (QED) is 0.839. The van der Waals surface area contributed by atoms with E-state index in [1.54, 1.807) is 0 Å². The molecule has 1 unspecified atom stereocenters. The van der Waals surface area contributed by atoms with Crippen LogP contribution in [0.25, 0.3) is 0 Å². The summed E-state index contributed by atoms with van der Waals surface area (Å²) in [7, 11) is 1.41. The second-order valence-electron chi connectivity index (χ2n) is 4.57. The summed E-state index contributed by atoms with van der Waals surface area (Å²) in [4.78, 5) is 11.4. The van der Waals surface area contributed by atoms with Crippen molar-refractivity contribution in [3.63, 3.8) is 0 Å². The van der Waals surface area contributed by atoms with Crippen LogP contribution in [0.2, 0.25) is 0 Å². The first kappa shape index (κ1) is 15.0. The Bertz CT molecular complexity index is 414. The normalized spacial score (nSPS) is 18.9. The zero-order chi connectivity index (χ0) is 12.3. The maximum absolute atomic E-state index is 11.4. The van der Waals surface area contributed by atoms with Gasteiger partial charge in [0.2, 0.25) is 0 Å². The van der Waals surface area contributed by atoms with E-state index < -0.39 is 0 Å². The van der Waals surface area contributed by atoms with Crippen molar-refractivity contribution in [1.82, 2.24) is 5.32 Å². The number of nitrogens with one attached hydrogen (secondary N) is 1. The Morgan fingerprint density at radius 2 is 2.17 bits per heavy atom. The van der Waals surface area contributed by atoms with Crippen LogP contribution in [0.1, 0.15) is 46.8 Å². The monoisotopic (exact) mass is 269 g/mol. The molecule has 3 nitrogen and oxygen atoms in total. The molecule has 0 spiro atoms. The minimum absolute atomic E-state index is 0. The highest BCUT2D eigenvalue weighted by Crippen LogP contribution is 2.26. The van der Waals surface area contributed by atoms with Crippen LogP contribution in [0.15, 0.2) is 18.2 Å². The second-order valence-corrected chi connectivity index (χ2v) is 4.57. The summed E-state index contributed by atoms with van der Waals surface area (Å²) < 4.78 is 4.72. The molecule has 1 heterocycles. The van der Waals surface area contributed by atoms with E-state index in [1.807, 2.05) is 18.2 Å². The van der Waals surface area contributed by atoms with E-state index in [0.29, 0.717) is 11.6 Å². The number of methoxy groups -OCH3 is 1. The van der Waals surface area contributed by atoms with Crippen molar-refractivity contribution in [3.05, 3.63) is 34.9 Å². The standard InChI is InChI=1S/C14H19NO2.ClH/c1-10-9-11(14(16)17-2)6-7-12(10)13-5-3-4-8-15-13;/h6-7,9,13,15H,3-5,8H2,1-2H3;1H. The lowest BCUT2D eigenvalue weighted by Gasteiger charge is -2.25. The summed E-state index contributed by atoms with van der Waals surface area (Å²) in [6.45, 7) is 3.14. The first-order valence-electron chi connectivity index (χ1n) is 6.14. The van der Waals surface area contributed by atoms with Gasteiger partial charge in [0.25, 0.3) is 0 Å². The number of carbonyl (C=O) groups excluding carboxylic acids is 1. The molecule has 0 aromatic heterocycles. The molecular weight excluding hydrogens is 250 g/mol. The fourth-order valence-corrected chi connectivity index (χ4v) is 2.43. The van der Waals surface area contributed by atoms with Crippen molar-refractivity contribution < 1.29 is 9.53 Å². The highest BCUT2D eigenvalue weighted by atomic mass is 35.5. The van der Waals surface area contributed by atoms with Gasteiger partial charge < -0.3 is 10.1 Å². The van der Waals surface area contributed by atoms with Crippen LogP contribution < -0.4 is 5.32 Å². The number of carbonyl (C=O) groups is 1. The minimum atomic E-state index is -0.267. The van der Waals surface area contributed by atoms with Crippen molar-refractivity contribution >= 4 is 18.4 Å². The van der Waals surface area contributed by atoms with Crippen molar-refractivity contribution in [2.75, 3.05) is 13.7 Å². The fourth-order valence-electron chi connectivity index (χ4n) is 2.43. The van der Waals surface area contributed by atoms with Gasteiger partial charge in [0.15, 0.2) is 0 Å². The molecular formula is C14H20ClNO2. The predicted molar refractivity (Wildman–Crippen MR) is 74.4 cm³/mol. The van der Waals surface area contributed by atoms with Gasteiger partial charge in [-0.25, -0.2) is 4.79 Å². The van der Waals surface area contributed by atoms with Crippen LogP contribution in [-0.4, -0.2) is 19.6 Å². The maximum atomic E-state index is 11.4. The van der Waals surface area contributed by atoms with Gasteiger partial charge in [-0.1, -0.05) is 12.5 Å². The highest BCUT2D eigenvalue weighted by molar-refractivity contribution is 5.89. The van der Waals surface area contributed by atoms with Crippen molar-refractivity contribution in [3.8, 4) is 0 Å². The Kier molecular flexibility index (Phi) is 5.63. The Morgan fingerprint density at radius 3 is 2.72 bits per heavy atom. The third-order valence-corrected chi connectivity index (χ3v) is 3.38. The van der Waals surface area contributed by atoms with Crippen molar-refractivity contribution in [2.45, 2.75) is 32.2 Å². The summed E-state index contributed by atoms with van der Waals surface area (Å²) >= 11 is 0. The Labute approximate surface area is 114 Å². The molecule has 100 valence electrons. The smallest absolute Gasteiger partial charge is 0.337 e. The summed E-state index contributed by atoms with van der Waals surface area (Å²) in [5.74, 6) is -0.267. The van der Waals surface area contributed by atoms with Gasteiger partial charge in [-0.3, -0.25) is 0 Å². The number of hydrogen-bond donors (Lipinski definition) is 1. The van der Waals surface area contributed by atoms with E-state index in [1.165, 1.54) is 31.9 Å². The molecule has 1 fully saturated rings. The molecule has 2 rings (SSSR count). The molecule has 1 saturated heterocycles. The van der Waals surface area contributed by atoms with E-state index in [9.17, 15) is 4.79 Å². The predicted octanol–water partition coefficient (Wildman–Crippen LogP) is 3.02. The van der Waals surface area contributed by atoms with E-state index >= 15 is 0 Å². The first-order valence-corrected chi connectivity index (χ1v) is 6.14. The molecule has 1 aliphatic rings. The topological polar surface area (TPSA) is 38.3 Å². The largest absolute Gasteiger partial charge is 0.465 e. The molecule has 4 heteroatoms. The van der Waals surface area contributed by atoms with Crippen LogP contribution in [-0.2, 0) is 4.74 Å². The number of piperidine rings is 1. The number of benzene rings is 1. The number of rotatable bonds is 2. The van der Waals surface area contributed by atoms with Gasteiger partial charge in [0.05, 0.1) is 12.7 Å². The van der Waals surface area contributed by atoms with Gasteiger partial charge in [-0.15, -0.1) is 12.4 Å². The number of aryl methyl sites for hydroxylation is 1. The molecule has 0 aliphatic carbocycles. The number of hydrogen-bond acceptors (Lipinski definition) is 3. The van der Waals surface area contributed by atoms with Gasteiger partial charge in [0, 0.05) is 6.04 Å². The molecule has 18 heavy (non-hydrogen) atoms. The van der Waals surface area contributed by atoms with Gasteiger partial charge in [-0.2, -0.15) is 0 Å². The SMILES string of the molecule is COC(=O)c1ccc(C2CCCCN2)c(C)c1.Cl. The Morgan fingerprint density at radius 1 is 1.39 bits per heavy atom. The number of esters is 1. The van der Waals surface area contributed by atoms with Gasteiger partial charge >= 0.3 is 5.97 Å². The summed E-state index contributed by atoms with van der Waals surface area (Å²) in [6.07, 6.45) is 3.71. The van der Waals surface area contributed by atoms with Crippen LogP contribution in [0, 0.1) is 6.92 Å². The molecule has 1 aliphatic heterocycles.